The molecule has 0 amide bonds. The molecule has 0 spiro atoms. The molecule has 18 heavy (non-hydrogen) atoms. The summed E-state index contributed by atoms with van der Waals surface area (Å²) in [5.74, 6) is 1.91. The Morgan fingerprint density at radius 2 is 1.89 bits per heavy atom. The number of aliphatic hydroxyl groups is 1. The van der Waals surface area contributed by atoms with Crippen LogP contribution in [0.25, 0.3) is 0 Å². The molecular weight excluding hydrogens is 220 g/mol. The lowest BCUT2D eigenvalue weighted by molar-refractivity contribution is 0.0546. The molecule has 1 saturated carbocycles. The van der Waals surface area contributed by atoms with Gasteiger partial charge in [0.25, 0.3) is 0 Å². The van der Waals surface area contributed by atoms with Gasteiger partial charge in [-0.3, -0.25) is 0 Å². The molecule has 1 aliphatic rings. The Morgan fingerprint density at radius 3 is 2.56 bits per heavy atom. The Labute approximate surface area is 111 Å². The van der Waals surface area contributed by atoms with Crippen molar-refractivity contribution in [3.8, 4) is 0 Å². The van der Waals surface area contributed by atoms with Crippen molar-refractivity contribution >= 4 is 0 Å². The number of hydrogen-bond donors (Lipinski definition) is 1. The van der Waals surface area contributed by atoms with Crippen molar-refractivity contribution in [3.63, 3.8) is 0 Å². The SMILES string of the molecule is CC(C)CCC1CC(c2ccccc2)CCC1O. The van der Waals surface area contributed by atoms with Gasteiger partial charge in [-0.25, -0.2) is 0 Å². The molecule has 0 radical (unpaired) electrons. The molecule has 2 rings (SSSR count). The van der Waals surface area contributed by atoms with Gasteiger partial charge in [-0.2, -0.15) is 0 Å². The molecule has 0 bridgehead atoms. The normalized spacial score (nSPS) is 28.6. The second kappa shape index (κ2) is 6.38. The average Bonchev–Trinajstić information content (AvgIpc) is 2.38. The lowest BCUT2D eigenvalue weighted by Crippen LogP contribution is -2.28. The van der Waals surface area contributed by atoms with Gasteiger partial charge in [0.1, 0.15) is 0 Å². The van der Waals surface area contributed by atoms with E-state index in [2.05, 4.69) is 44.2 Å². The van der Waals surface area contributed by atoms with Gasteiger partial charge >= 0.3 is 0 Å². The van der Waals surface area contributed by atoms with Crippen LogP contribution in [0.5, 0.6) is 0 Å². The van der Waals surface area contributed by atoms with E-state index < -0.39 is 0 Å². The van der Waals surface area contributed by atoms with Gasteiger partial charge in [0, 0.05) is 0 Å². The van der Waals surface area contributed by atoms with Gasteiger partial charge < -0.3 is 5.11 Å². The molecular formula is C17H26O. The number of hydrogen-bond acceptors (Lipinski definition) is 1. The molecule has 0 aliphatic heterocycles. The van der Waals surface area contributed by atoms with Gasteiger partial charge in [-0.1, -0.05) is 50.6 Å². The fraction of sp³-hybridized carbons (Fsp3) is 0.647. The van der Waals surface area contributed by atoms with Crippen molar-refractivity contribution in [3.05, 3.63) is 35.9 Å². The number of rotatable bonds is 4. The molecule has 1 aromatic carbocycles. The highest BCUT2D eigenvalue weighted by Gasteiger charge is 2.29. The van der Waals surface area contributed by atoms with Gasteiger partial charge in [0.05, 0.1) is 6.10 Å². The number of aliphatic hydroxyl groups excluding tert-OH is 1. The fourth-order valence-corrected chi connectivity index (χ4v) is 3.13. The molecule has 3 unspecified atom stereocenters. The third-order valence-electron chi connectivity index (χ3n) is 4.33. The van der Waals surface area contributed by atoms with E-state index in [1.807, 2.05) is 0 Å². The number of benzene rings is 1. The molecule has 0 saturated heterocycles. The van der Waals surface area contributed by atoms with E-state index in [1.165, 1.54) is 18.4 Å². The van der Waals surface area contributed by atoms with Crippen molar-refractivity contribution in [1.29, 1.82) is 0 Å². The van der Waals surface area contributed by atoms with E-state index in [-0.39, 0.29) is 6.10 Å². The van der Waals surface area contributed by atoms with Crippen molar-refractivity contribution in [1.82, 2.24) is 0 Å². The first-order valence-electron chi connectivity index (χ1n) is 7.40. The largest absolute Gasteiger partial charge is 0.393 e. The summed E-state index contributed by atoms with van der Waals surface area (Å²) < 4.78 is 0. The van der Waals surface area contributed by atoms with E-state index in [9.17, 15) is 5.11 Å². The smallest absolute Gasteiger partial charge is 0.0568 e. The average molecular weight is 246 g/mol. The first-order chi connectivity index (χ1) is 8.66. The van der Waals surface area contributed by atoms with Crippen LogP contribution in [0.4, 0.5) is 0 Å². The van der Waals surface area contributed by atoms with E-state index in [1.54, 1.807) is 0 Å². The molecule has 1 N–H and O–H groups in total. The minimum Gasteiger partial charge on any atom is -0.393 e. The van der Waals surface area contributed by atoms with Crippen LogP contribution in [-0.2, 0) is 0 Å². The molecule has 0 aromatic heterocycles. The van der Waals surface area contributed by atoms with E-state index >= 15 is 0 Å². The van der Waals surface area contributed by atoms with Crippen LogP contribution < -0.4 is 0 Å². The molecule has 3 atom stereocenters. The Kier molecular flexibility index (Phi) is 4.82. The second-order valence-corrected chi connectivity index (χ2v) is 6.22. The summed E-state index contributed by atoms with van der Waals surface area (Å²) in [6, 6.07) is 10.8. The molecule has 1 heteroatoms. The van der Waals surface area contributed by atoms with Crippen LogP contribution in [0.3, 0.4) is 0 Å². The maximum Gasteiger partial charge on any atom is 0.0568 e. The summed E-state index contributed by atoms with van der Waals surface area (Å²) in [5, 5.41) is 10.1. The van der Waals surface area contributed by atoms with Crippen LogP contribution >= 0.6 is 0 Å². The molecule has 1 aliphatic carbocycles. The highest BCUT2D eigenvalue weighted by molar-refractivity contribution is 5.20. The van der Waals surface area contributed by atoms with Crippen molar-refractivity contribution in [2.75, 3.05) is 0 Å². The first-order valence-corrected chi connectivity index (χ1v) is 7.40. The zero-order valence-corrected chi connectivity index (χ0v) is 11.7. The zero-order chi connectivity index (χ0) is 13.0. The van der Waals surface area contributed by atoms with Crippen LogP contribution in [0.2, 0.25) is 0 Å². The van der Waals surface area contributed by atoms with Gasteiger partial charge in [-0.15, -0.1) is 0 Å². The van der Waals surface area contributed by atoms with Crippen molar-refractivity contribution in [2.24, 2.45) is 11.8 Å². The maximum atomic E-state index is 10.1. The first kappa shape index (κ1) is 13.6. The topological polar surface area (TPSA) is 20.2 Å². The third-order valence-corrected chi connectivity index (χ3v) is 4.33. The van der Waals surface area contributed by atoms with Crippen molar-refractivity contribution in [2.45, 2.75) is 58.0 Å². The van der Waals surface area contributed by atoms with Gasteiger partial charge in [-0.05, 0) is 49.0 Å². The minimum absolute atomic E-state index is 0.0660. The molecule has 1 aromatic rings. The van der Waals surface area contributed by atoms with Crippen LogP contribution in [0.15, 0.2) is 30.3 Å². The Morgan fingerprint density at radius 1 is 1.17 bits per heavy atom. The lowest BCUT2D eigenvalue weighted by Gasteiger charge is -2.34. The minimum atomic E-state index is -0.0660. The third kappa shape index (κ3) is 3.58. The zero-order valence-electron chi connectivity index (χ0n) is 11.7. The van der Waals surface area contributed by atoms with Gasteiger partial charge in [0.15, 0.2) is 0 Å². The molecule has 100 valence electrons. The lowest BCUT2D eigenvalue weighted by atomic mass is 9.74. The van der Waals surface area contributed by atoms with Gasteiger partial charge in [0.2, 0.25) is 0 Å². The summed E-state index contributed by atoms with van der Waals surface area (Å²) in [6.07, 6.45) is 5.64. The molecule has 1 fully saturated rings. The highest BCUT2D eigenvalue weighted by Crippen LogP contribution is 2.38. The quantitative estimate of drug-likeness (QED) is 0.836. The van der Waals surface area contributed by atoms with E-state index in [0.29, 0.717) is 11.8 Å². The summed E-state index contributed by atoms with van der Waals surface area (Å²) in [6.45, 7) is 4.54. The van der Waals surface area contributed by atoms with Crippen molar-refractivity contribution < 1.29 is 5.11 Å². The Bertz CT molecular complexity index is 344. The fourth-order valence-electron chi connectivity index (χ4n) is 3.13. The Hall–Kier alpha value is -0.820. The van der Waals surface area contributed by atoms with Crippen LogP contribution in [0, 0.1) is 11.8 Å². The standard InChI is InChI=1S/C17H26O/c1-13(2)8-9-16-12-15(10-11-17(16)18)14-6-4-3-5-7-14/h3-7,13,15-18H,8-12H2,1-2H3. The molecule has 1 nitrogen and oxygen atoms in total. The van der Waals surface area contributed by atoms with Crippen LogP contribution in [0.1, 0.15) is 57.4 Å². The second-order valence-electron chi connectivity index (χ2n) is 6.22. The maximum absolute atomic E-state index is 10.1. The molecule has 0 heterocycles. The monoisotopic (exact) mass is 246 g/mol. The summed E-state index contributed by atoms with van der Waals surface area (Å²) >= 11 is 0. The predicted molar refractivity (Wildman–Crippen MR) is 76.6 cm³/mol. The summed E-state index contributed by atoms with van der Waals surface area (Å²) in [4.78, 5) is 0. The highest BCUT2D eigenvalue weighted by atomic mass is 16.3. The summed E-state index contributed by atoms with van der Waals surface area (Å²) in [7, 11) is 0. The van der Waals surface area contributed by atoms with E-state index in [4.69, 9.17) is 0 Å². The van der Waals surface area contributed by atoms with E-state index in [0.717, 1.165) is 25.2 Å². The van der Waals surface area contributed by atoms with Crippen LogP contribution in [-0.4, -0.2) is 11.2 Å². The predicted octanol–water partition coefficient (Wildman–Crippen LogP) is 4.37. The summed E-state index contributed by atoms with van der Waals surface area (Å²) in [5.41, 5.74) is 1.46. The Balaban J connectivity index is 1.96.